The highest BCUT2D eigenvalue weighted by Gasteiger charge is 1.97. The zero-order valence-corrected chi connectivity index (χ0v) is 20.9. The fraction of sp³-hybridized carbons (Fsp3) is 0.581. The highest BCUT2D eigenvalue weighted by molar-refractivity contribution is 5.86. The second-order valence-corrected chi connectivity index (χ2v) is 8.46. The molecule has 0 heterocycles. The van der Waals surface area contributed by atoms with Gasteiger partial charge in [0.25, 0.3) is 0 Å². The Hall–Kier alpha value is -2.67. The van der Waals surface area contributed by atoms with Crippen LogP contribution in [-0.2, 0) is 4.79 Å². The molecule has 0 aliphatic rings. The van der Waals surface area contributed by atoms with Gasteiger partial charge in [0.15, 0.2) is 0 Å². The molecule has 2 N–H and O–H groups in total. The highest BCUT2D eigenvalue weighted by atomic mass is 16.4. The third-order valence-electron chi connectivity index (χ3n) is 5.35. The van der Waals surface area contributed by atoms with Gasteiger partial charge in [-0.2, -0.15) is 0 Å². The molecule has 0 rings (SSSR count). The van der Waals surface area contributed by atoms with E-state index in [1.807, 2.05) is 6.08 Å². The Morgan fingerprint density at radius 3 is 2.03 bits per heavy atom. The van der Waals surface area contributed by atoms with Crippen molar-refractivity contribution in [3.05, 3.63) is 36.5 Å². The molecule has 1 atom stereocenters. The standard InChI is InChI=1S/C31H44O3/c1-2-3-27-30(32)28-25-23-21-19-17-15-13-11-9-7-5-4-6-8-10-12-14-16-18-20-22-24-26-29-31(33)34/h1,3,9,11,22,24,27,30,32H,4-8,10,12-14,16,18-21,23,25,28H2,(H,33,34). The van der Waals surface area contributed by atoms with Gasteiger partial charge < -0.3 is 10.2 Å². The molecule has 0 bridgehead atoms. The normalized spacial score (nSPS) is 11.8. The lowest BCUT2D eigenvalue weighted by Gasteiger charge is -2.03. The predicted octanol–water partition coefficient (Wildman–Crippen LogP) is 7.37. The van der Waals surface area contributed by atoms with Crippen LogP contribution in [0.15, 0.2) is 36.5 Å². The summed E-state index contributed by atoms with van der Waals surface area (Å²) in [7, 11) is 0. The first-order chi connectivity index (χ1) is 16.7. The lowest BCUT2D eigenvalue weighted by Crippen LogP contribution is -2.00. The Bertz CT molecular complexity index is 744. The molecule has 0 aromatic heterocycles. The van der Waals surface area contributed by atoms with Gasteiger partial charge >= 0.3 is 5.97 Å². The van der Waals surface area contributed by atoms with Crippen molar-refractivity contribution in [3.8, 4) is 36.0 Å². The van der Waals surface area contributed by atoms with Crippen LogP contribution in [0.1, 0.15) is 109 Å². The smallest absolute Gasteiger partial charge is 0.382 e. The Labute approximate surface area is 208 Å². The first-order valence-corrected chi connectivity index (χ1v) is 13.0. The summed E-state index contributed by atoms with van der Waals surface area (Å²) in [6, 6.07) is 0. The molecule has 1 unspecified atom stereocenters. The van der Waals surface area contributed by atoms with Crippen LogP contribution in [0.25, 0.3) is 0 Å². The molecule has 34 heavy (non-hydrogen) atoms. The summed E-state index contributed by atoms with van der Waals surface area (Å²) in [4.78, 5) is 10.2. The summed E-state index contributed by atoms with van der Waals surface area (Å²) in [5, 5.41) is 18.0. The number of allylic oxidation sites excluding steroid dienone is 5. The average Bonchev–Trinajstić information content (AvgIpc) is 2.82. The van der Waals surface area contributed by atoms with Crippen molar-refractivity contribution in [3.63, 3.8) is 0 Å². The lowest BCUT2D eigenvalue weighted by molar-refractivity contribution is -0.130. The van der Waals surface area contributed by atoms with Crippen molar-refractivity contribution in [1.29, 1.82) is 0 Å². The summed E-state index contributed by atoms with van der Waals surface area (Å²) in [5.74, 6) is 12.3. The number of aliphatic hydroxyl groups excluding tert-OH is 1. The minimum absolute atomic E-state index is 0.419. The maximum absolute atomic E-state index is 10.2. The Balaban J connectivity index is 3.34. The van der Waals surface area contributed by atoms with Crippen molar-refractivity contribution in [2.75, 3.05) is 0 Å². The summed E-state index contributed by atoms with van der Waals surface area (Å²) in [6.07, 6.45) is 35.4. The van der Waals surface area contributed by atoms with Crippen molar-refractivity contribution >= 4 is 5.97 Å². The predicted molar refractivity (Wildman–Crippen MR) is 144 cm³/mol. The maximum atomic E-state index is 10.2. The zero-order chi connectivity index (χ0) is 25.0. The van der Waals surface area contributed by atoms with Crippen molar-refractivity contribution in [1.82, 2.24) is 0 Å². The second-order valence-electron chi connectivity index (χ2n) is 8.46. The van der Waals surface area contributed by atoms with Gasteiger partial charge in [0.05, 0.1) is 6.10 Å². The van der Waals surface area contributed by atoms with E-state index in [9.17, 15) is 9.90 Å². The molecule has 3 nitrogen and oxygen atoms in total. The number of hydrogen-bond acceptors (Lipinski definition) is 2. The van der Waals surface area contributed by atoms with E-state index in [0.717, 1.165) is 57.8 Å². The molecular weight excluding hydrogens is 420 g/mol. The van der Waals surface area contributed by atoms with Crippen LogP contribution in [0, 0.1) is 36.0 Å². The van der Waals surface area contributed by atoms with Crippen LogP contribution in [-0.4, -0.2) is 22.3 Å². The molecule has 0 fully saturated rings. The largest absolute Gasteiger partial charge is 0.472 e. The monoisotopic (exact) mass is 464 g/mol. The molecule has 0 amide bonds. The number of carboxylic acid groups (broad SMARTS) is 1. The van der Waals surface area contributed by atoms with Crippen molar-refractivity contribution in [2.24, 2.45) is 0 Å². The molecule has 0 saturated carbocycles. The average molecular weight is 465 g/mol. The molecule has 0 aromatic rings. The number of carbonyl (C=O) groups is 1. The fourth-order valence-corrected chi connectivity index (χ4v) is 3.43. The van der Waals surface area contributed by atoms with Gasteiger partial charge in [-0.3, -0.25) is 0 Å². The van der Waals surface area contributed by atoms with E-state index in [1.165, 1.54) is 51.4 Å². The first-order valence-electron chi connectivity index (χ1n) is 13.0. The van der Waals surface area contributed by atoms with Crippen molar-refractivity contribution in [2.45, 2.75) is 115 Å². The third-order valence-corrected chi connectivity index (χ3v) is 5.35. The van der Waals surface area contributed by atoms with E-state index in [-0.39, 0.29) is 0 Å². The quantitative estimate of drug-likeness (QED) is 0.119. The number of unbranched alkanes of at least 4 members (excludes halogenated alkanes) is 13. The van der Waals surface area contributed by atoms with Crippen LogP contribution in [0.5, 0.6) is 0 Å². The van der Waals surface area contributed by atoms with Crippen LogP contribution >= 0.6 is 0 Å². The summed E-state index contributed by atoms with van der Waals surface area (Å²) < 4.78 is 0. The van der Waals surface area contributed by atoms with E-state index in [2.05, 4.69) is 41.8 Å². The van der Waals surface area contributed by atoms with E-state index in [4.69, 9.17) is 11.5 Å². The minimum atomic E-state index is -1.08. The molecular formula is C31H44O3. The van der Waals surface area contributed by atoms with E-state index < -0.39 is 12.1 Å². The molecule has 0 radical (unpaired) electrons. The molecule has 0 saturated heterocycles. The third kappa shape index (κ3) is 27.4. The van der Waals surface area contributed by atoms with Gasteiger partial charge in [0.1, 0.15) is 0 Å². The van der Waals surface area contributed by atoms with E-state index in [0.29, 0.717) is 0 Å². The molecule has 0 aliphatic heterocycles. The molecule has 0 aromatic carbocycles. The van der Waals surface area contributed by atoms with Gasteiger partial charge in [-0.25, -0.2) is 4.79 Å². The minimum Gasteiger partial charge on any atom is -0.472 e. The molecule has 186 valence electrons. The van der Waals surface area contributed by atoms with Gasteiger partial charge in [-0.1, -0.05) is 93.8 Å². The van der Waals surface area contributed by atoms with Crippen LogP contribution in [0.4, 0.5) is 0 Å². The van der Waals surface area contributed by atoms with Crippen LogP contribution in [0.2, 0.25) is 0 Å². The van der Waals surface area contributed by atoms with E-state index in [1.54, 1.807) is 18.2 Å². The number of rotatable bonds is 19. The number of aliphatic hydroxyl groups is 1. The zero-order valence-electron chi connectivity index (χ0n) is 20.9. The highest BCUT2D eigenvalue weighted by Crippen LogP contribution is 2.12. The van der Waals surface area contributed by atoms with Crippen LogP contribution < -0.4 is 0 Å². The van der Waals surface area contributed by atoms with Crippen molar-refractivity contribution < 1.29 is 15.0 Å². The lowest BCUT2D eigenvalue weighted by atomic mass is 10.1. The Kier molecular flexibility index (Phi) is 24.5. The topological polar surface area (TPSA) is 57.5 Å². The molecule has 3 heteroatoms. The maximum Gasteiger partial charge on any atom is 0.382 e. The van der Waals surface area contributed by atoms with Gasteiger partial charge in [0.2, 0.25) is 0 Å². The van der Waals surface area contributed by atoms with Crippen LogP contribution in [0.3, 0.4) is 0 Å². The van der Waals surface area contributed by atoms with Gasteiger partial charge in [-0.15, -0.1) is 12.3 Å². The fourth-order valence-electron chi connectivity index (χ4n) is 3.43. The Morgan fingerprint density at radius 2 is 1.38 bits per heavy atom. The summed E-state index contributed by atoms with van der Waals surface area (Å²) >= 11 is 0. The van der Waals surface area contributed by atoms with Gasteiger partial charge in [0, 0.05) is 18.8 Å². The summed E-state index contributed by atoms with van der Waals surface area (Å²) in [5.41, 5.74) is 0. The Morgan fingerprint density at radius 1 is 0.765 bits per heavy atom. The number of aliphatic carboxylic acids is 1. The number of carboxylic acids is 1. The molecule has 0 spiro atoms. The number of terminal acetylenes is 1. The van der Waals surface area contributed by atoms with E-state index >= 15 is 0 Å². The molecule has 0 aliphatic carbocycles. The first kappa shape index (κ1) is 31.3. The number of hydrogen-bond donors (Lipinski definition) is 2. The SMILES string of the molecule is C#CC=CC(O)CCCCCC#CCC=CCCCCCCCCCCCC=CC#CC(=O)O. The van der Waals surface area contributed by atoms with Gasteiger partial charge in [-0.05, 0) is 56.8 Å². The second kappa shape index (κ2) is 26.6. The summed E-state index contributed by atoms with van der Waals surface area (Å²) in [6.45, 7) is 0.